The van der Waals surface area contributed by atoms with Crippen LogP contribution in [0, 0.1) is 0 Å². The molecular weight excluding hydrogens is 178 g/mol. The maximum absolute atomic E-state index is 4.11. The molecule has 1 aliphatic heterocycles. The van der Waals surface area contributed by atoms with Crippen LogP contribution in [0.3, 0.4) is 0 Å². The molecule has 1 nitrogen and oxygen atoms in total. The first-order valence-electron chi connectivity index (χ1n) is 4.14. The van der Waals surface area contributed by atoms with Crippen LogP contribution in [0.5, 0.6) is 0 Å². The maximum Gasteiger partial charge on any atom is 0.0346 e. The summed E-state index contributed by atoms with van der Waals surface area (Å²) in [5.41, 5.74) is 2.65. The SMILES string of the molecule is c1cc2c3ccscc-3cc2cn1. The molecule has 0 bridgehead atoms. The molecule has 0 saturated heterocycles. The first-order chi connectivity index (χ1) is 6.45. The molecule has 3 rings (SSSR count). The summed E-state index contributed by atoms with van der Waals surface area (Å²) in [5, 5.41) is 6.83. The van der Waals surface area contributed by atoms with Gasteiger partial charge in [0.25, 0.3) is 0 Å². The van der Waals surface area contributed by atoms with E-state index in [1.807, 2.05) is 12.4 Å². The molecule has 1 aromatic rings. The van der Waals surface area contributed by atoms with E-state index in [0.29, 0.717) is 0 Å². The lowest BCUT2D eigenvalue weighted by molar-refractivity contribution is 1.37. The molecule has 2 aliphatic rings. The van der Waals surface area contributed by atoms with Crippen LogP contribution in [-0.2, 0) is 0 Å². The first-order valence-corrected chi connectivity index (χ1v) is 5.08. The minimum Gasteiger partial charge on any atom is -0.264 e. The molecule has 2 heterocycles. The van der Waals surface area contributed by atoms with Crippen molar-refractivity contribution >= 4 is 22.1 Å². The second-order valence-electron chi connectivity index (χ2n) is 3.03. The van der Waals surface area contributed by atoms with Gasteiger partial charge in [0.05, 0.1) is 0 Å². The van der Waals surface area contributed by atoms with Gasteiger partial charge in [-0.2, -0.15) is 11.3 Å². The van der Waals surface area contributed by atoms with Gasteiger partial charge in [0.1, 0.15) is 0 Å². The summed E-state index contributed by atoms with van der Waals surface area (Å²) in [5.74, 6) is 0. The highest BCUT2D eigenvalue weighted by atomic mass is 32.1. The zero-order valence-corrected chi connectivity index (χ0v) is 7.71. The van der Waals surface area contributed by atoms with Gasteiger partial charge < -0.3 is 0 Å². The number of hydrogen-bond donors (Lipinski definition) is 0. The summed E-state index contributed by atoms with van der Waals surface area (Å²) in [6.07, 6.45) is 3.76. The highest BCUT2D eigenvalue weighted by Crippen LogP contribution is 2.33. The van der Waals surface area contributed by atoms with E-state index in [2.05, 4.69) is 33.9 Å². The van der Waals surface area contributed by atoms with Crippen molar-refractivity contribution in [3.8, 4) is 11.1 Å². The molecule has 1 aliphatic carbocycles. The Hall–Kier alpha value is -1.41. The summed E-state index contributed by atoms with van der Waals surface area (Å²) < 4.78 is 0. The molecular formula is C11H7NS. The van der Waals surface area contributed by atoms with Gasteiger partial charge in [0.15, 0.2) is 0 Å². The van der Waals surface area contributed by atoms with Gasteiger partial charge in [0, 0.05) is 17.8 Å². The normalized spacial score (nSPS) is 11.1. The quantitative estimate of drug-likeness (QED) is 0.523. The van der Waals surface area contributed by atoms with Gasteiger partial charge in [-0.3, -0.25) is 4.98 Å². The van der Waals surface area contributed by atoms with E-state index in [1.54, 1.807) is 11.3 Å². The summed E-state index contributed by atoms with van der Waals surface area (Å²) in [4.78, 5) is 4.11. The van der Waals surface area contributed by atoms with Gasteiger partial charge >= 0.3 is 0 Å². The monoisotopic (exact) mass is 185 g/mol. The second kappa shape index (κ2) is 2.54. The standard InChI is InChI=1S/C11H7NS/c1-3-12-6-8-5-9-7-13-4-2-11(9)10(1)8/h1-7H. The lowest BCUT2D eigenvalue weighted by atomic mass is 10.2. The Kier molecular flexibility index (Phi) is 1.37. The van der Waals surface area contributed by atoms with Crippen LogP contribution >= 0.6 is 11.3 Å². The molecule has 0 N–H and O–H groups in total. The van der Waals surface area contributed by atoms with Crippen LogP contribution in [0.15, 0.2) is 41.4 Å². The predicted molar refractivity (Wildman–Crippen MR) is 56.2 cm³/mol. The Morgan fingerprint density at radius 1 is 1.23 bits per heavy atom. The number of pyridine rings is 1. The van der Waals surface area contributed by atoms with Crippen LogP contribution in [0.4, 0.5) is 0 Å². The van der Waals surface area contributed by atoms with Crippen molar-refractivity contribution < 1.29 is 0 Å². The summed E-state index contributed by atoms with van der Waals surface area (Å²) in [6, 6.07) is 6.43. The second-order valence-corrected chi connectivity index (χ2v) is 3.81. The van der Waals surface area contributed by atoms with Crippen molar-refractivity contribution in [2.24, 2.45) is 0 Å². The van der Waals surface area contributed by atoms with E-state index in [-0.39, 0.29) is 0 Å². The van der Waals surface area contributed by atoms with Crippen LogP contribution in [0.1, 0.15) is 0 Å². The third-order valence-corrected chi connectivity index (χ3v) is 2.96. The van der Waals surface area contributed by atoms with Crippen molar-refractivity contribution in [3.05, 3.63) is 41.4 Å². The molecule has 0 unspecified atom stereocenters. The number of hydrogen-bond acceptors (Lipinski definition) is 2. The molecule has 2 heteroatoms. The van der Waals surface area contributed by atoms with Crippen LogP contribution in [0.25, 0.3) is 21.9 Å². The summed E-state index contributed by atoms with van der Waals surface area (Å²) in [7, 11) is 0. The fraction of sp³-hybridized carbons (Fsp3) is 0. The van der Waals surface area contributed by atoms with E-state index in [0.717, 1.165) is 0 Å². The average Bonchev–Trinajstić information content (AvgIpc) is 2.56. The summed E-state index contributed by atoms with van der Waals surface area (Å²) in [6.45, 7) is 0. The number of nitrogens with zero attached hydrogens (tertiary/aromatic N) is 1. The Morgan fingerprint density at radius 2 is 2.23 bits per heavy atom. The molecule has 0 fully saturated rings. The predicted octanol–water partition coefficient (Wildman–Crippen LogP) is 3.40. The van der Waals surface area contributed by atoms with Gasteiger partial charge in [0.2, 0.25) is 0 Å². The zero-order valence-electron chi connectivity index (χ0n) is 6.90. The smallest absolute Gasteiger partial charge is 0.0346 e. The highest BCUT2D eigenvalue weighted by Gasteiger charge is 2.07. The van der Waals surface area contributed by atoms with E-state index in [9.17, 15) is 0 Å². The Morgan fingerprint density at radius 3 is 3.23 bits per heavy atom. The zero-order chi connectivity index (χ0) is 8.67. The van der Waals surface area contributed by atoms with Crippen molar-refractivity contribution in [2.45, 2.75) is 0 Å². The number of rotatable bonds is 0. The van der Waals surface area contributed by atoms with Crippen molar-refractivity contribution in [2.75, 3.05) is 0 Å². The molecule has 0 spiro atoms. The van der Waals surface area contributed by atoms with Crippen LogP contribution < -0.4 is 0 Å². The van der Waals surface area contributed by atoms with Gasteiger partial charge in [-0.1, -0.05) is 0 Å². The lowest BCUT2D eigenvalue weighted by Crippen LogP contribution is -1.70. The molecule has 1 aromatic heterocycles. The largest absolute Gasteiger partial charge is 0.264 e. The third-order valence-electron chi connectivity index (χ3n) is 2.27. The van der Waals surface area contributed by atoms with Crippen LogP contribution in [0.2, 0.25) is 0 Å². The first kappa shape index (κ1) is 7.04. The van der Waals surface area contributed by atoms with Crippen molar-refractivity contribution in [1.29, 1.82) is 0 Å². The Bertz CT molecular complexity index is 527. The van der Waals surface area contributed by atoms with Crippen molar-refractivity contribution in [1.82, 2.24) is 4.98 Å². The third kappa shape index (κ3) is 0.956. The fourth-order valence-electron chi connectivity index (χ4n) is 1.67. The lowest BCUT2D eigenvalue weighted by Gasteiger charge is -1.95. The Labute approximate surface area is 80.0 Å². The van der Waals surface area contributed by atoms with E-state index >= 15 is 0 Å². The molecule has 0 saturated carbocycles. The number of fused-ring (bicyclic) bond motifs is 3. The highest BCUT2D eigenvalue weighted by molar-refractivity contribution is 7.08. The minimum absolute atomic E-state index is 1.23. The van der Waals surface area contributed by atoms with Gasteiger partial charge in [-0.05, 0) is 45.5 Å². The fourth-order valence-corrected chi connectivity index (χ4v) is 2.31. The Balaban J connectivity index is 2.56. The van der Waals surface area contributed by atoms with E-state index < -0.39 is 0 Å². The maximum atomic E-state index is 4.11. The van der Waals surface area contributed by atoms with Gasteiger partial charge in [-0.25, -0.2) is 0 Å². The molecule has 62 valence electrons. The summed E-state index contributed by atoms with van der Waals surface area (Å²) >= 11 is 1.73. The average molecular weight is 185 g/mol. The van der Waals surface area contributed by atoms with Crippen molar-refractivity contribution in [3.63, 3.8) is 0 Å². The van der Waals surface area contributed by atoms with Crippen LogP contribution in [-0.4, -0.2) is 4.98 Å². The molecule has 13 heavy (non-hydrogen) atoms. The van der Waals surface area contributed by atoms with Gasteiger partial charge in [-0.15, -0.1) is 0 Å². The molecule has 0 radical (unpaired) electrons. The van der Waals surface area contributed by atoms with E-state index in [1.165, 1.54) is 21.9 Å². The van der Waals surface area contributed by atoms with E-state index in [4.69, 9.17) is 0 Å². The topological polar surface area (TPSA) is 12.9 Å². The molecule has 0 amide bonds. The minimum atomic E-state index is 1.23. The molecule has 0 atom stereocenters. The number of aromatic nitrogens is 1. The molecule has 0 aromatic carbocycles.